The lowest BCUT2D eigenvalue weighted by Crippen LogP contribution is -2.36. The van der Waals surface area contributed by atoms with Gasteiger partial charge in [0.15, 0.2) is 0 Å². The minimum atomic E-state index is -1.06. The van der Waals surface area contributed by atoms with Crippen molar-refractivity contribution in [3.05, 3.63) is 12.2 Å². The van der Waals surface area contributed by atoms with Crippen molar-refractivity contribution < 1.29 is 20.1 Å². The van der Waals surface area contributed by atoms with E-state index in [9.17, 15) is 15.0 Å². The maximum absolute atomic E-state index is 10.6. The van der Waals surface area contributed by atoms with Gasteiger partial charge in [0.05, 0.1) is 18.1 Å². The lowest BCUT2D eigenvalue weighted by atomic mass is 9.89. The second-order valence-electron chi connectivity index (χ2n) is 3.49. The Morgan fingerprint density at radius 3 is 2.14 bits per heavy atom. The van der Waals surface area contributed by atoms with Crippen LogP contribution < -0.4 is 0 Å². The lowest BCUT2D eigenvalue weighted by Gasteiger charge is -2.24. The largest absolute Gasteiger partial charge is 0.481 e. The second-order valence-corrected chi connectivity index (χ2v) is 3.49. The molecule has 0 bridgehead atoms. The summed E-state index contributed by atoms with van der Waals surface area (Å²) in [6.07, 6.45) is 1.34. The fraction of sp³-hybridized carbons (Fsp3) is 0.700. The molecule has 0 saturated carbocycles. The molecule has 0 aromatic carbocycles. The van der Waals surface area contributed by atoms with E-state index < -0.39 is 30.0 Å². The van der Waals surface area contributed by atoms with Crippen LogP contribution in [-0.2, 0) is 4.79 Å². The van der Waals surface area contributed by atoms with Crippen molar-refractivity contribution in [1.29, 1.82) is 0 Å². The van der Waals surface area contributed by atoms with Crippen LogP contribution in [0.15, 0.2) is 12.2 Å². The summed E-state index contributed by atoms with van der Waals surface area (Å²) in [4.78, 5) is 10.6. The standard InChI is InChI=1S/C10H18O4/c1-4-5-8(11)6(2)9(12)7(3)10(13)14/h4-9,11-12H,1-3H3,(H,13,14)/b5-4+/t6-,7+,8+,9-/m0/s1. The van der Waals surface area contributed by atoms with Crippen molar-refractivity contribution in [2.75, 3.05) is 0 Å². The summed E-state index contributed by atoms with van der Waals surface area (Å²) in [5.74, 6) is -2.42. The van der Waals surface area contributed by atoms with Gasteiger partial charge in [0.1, 0.15) is 0 Å². The third-order valence-electron chi connectivity index (χ3n) is 2.37. The van der Waals surface area contributed by atoms with E-state index >= 15 is 0 Å². The van der Waals surface area contributed by atoms with Crippen molar-refractivity contribution in [2.45, 2.75) is 33.0 Å². The van der Waals surface area contributed by atoms with E-state index in [2.05, 4.69) is 0 Å². The van der Waals surface area contributed by atoms with Crippen LogP contribution in [0.3, 0.4) is 0 Å². The van der Waals surface area contributed by atoms with Gasteiger partial charge in [0.2, 0.25) is 0 Å². The van der Waals surface area contributed by atoms with E-state index in [-0.39, 0.29) is 0 Å². The zero-order valence-electron chi connectivity index (χ0n) is 8.71. The summed E-state index contributed by atoms with van der Waals surface area (Å²) in [6.45, 7) is 4.80. The molecule has 0 radical (unpaired) electrons. The van der Waals surface area contributed by atoms with E-state index in [4.69, 9.17) is 5.11 Å². The van der Waals surface area contributed by atoms with E-state index in [1.54, 1.807) is 19.9 Å². The number of allylic oxidation sites excluding steroid dienone is 1. The Hall–Kier alpha value is -0.870. The molecule has 0 heterocycles. The smallest absolute Gasteiger partial charge is 0.308 e. The highest BCUT2D eigenvalue weighted by molar-refractivity contribution is 5.70. The first-order chi connectivity index (χ1) is 6.41. The molecule has 0 spiro atoms. The van der Waals surface area contributed by atoms with E-state index in [1.165, 1.54) is 13.0 Å². The zero-order valence-corrected chi connectivity index (χ0v) is 8.71. The van der Waals surface area contributed by atoms with Crippen LogP contribution in [0, 0.1) is 11.8 Å². The van der Waals surface area contributed by atoms with Gasteiger partial charge in [-0.3, -0.25) is 4.79 Å². The second kappa shape index (κ2) is 5.78. The highest BCUT2D eigenvalue weighted by Crippen LogP contribution is 2.17. The number of aliphatic carboxylic acids is 1. The Bertz CT molecular complexity index is 212. The summed E-state index contributed by atoms with van der Waals surface area (Å²) in [7, 11) is 0. The van der Waals surface area contributed by atoms with Crippen LogP contribution >= 0.6 is 0 Å². The van der Waals surface area contributed by atoms with Crippen LogP contribution in [0.4, 0.5) is 0 Å². The SMILES string of the molecule is C/C=C/[C@@H](O)[C@H](C)[C@H](O)[C@@H](C)C(=O)O. The summed E-state index contributed by atoms with van der Waals surface area (Å²) in [5, 5.41) is 27.7. The number of hydrogen-bond acceptors (Lipinski definition) is 3. The van der Waals surface area contributed by atoms with E-state index in [0.717, 1.165) is 0 Å². The van der Waals surface area contributed by atoms with Gasteiger partial charge in [-0.15, -0.1) is 0 Å². The molecule has 4 nitrogen and oxygen atoms in total. The molecular weight excluding hydrogens is 184 g/mol. The van der Waals surface area contributed by atoms with Crippen molar-refractivity contribution in [1.82, 2.24) is 0 Å². The minimum Gasteiger partial charge on any atom is -0.481 e. The van der Waals surface area contributed by atoms with Gasteiger partial charge in [-0.25, -0.2) is 0 Å². The summed E-state index contributed by atoms with van der Waals surface area (Å²) < 4.78 is 0. The number of aliphatic hydroxyl groups is 2. The normalized spacial score (nSPS) is 20.4. The number of carboxylic acid groups (broad SMARTS) is 1. The van der Waals surface area contributed by atoms with Gasteiger partial charge in [0.25, 0.3) is 0 Å². The van der Waals surface area contributed by atoms with Crippen molar-refractivity contribution in [3.8, 4) is 0 Å². The predicted molar refractivity (Wildman–Crippen MR) is 52.8 cm³/mol. The third kappa shape index (κ3) is 3.47. The fourth-order valence-electron chi connectivity index (χ4n) is 1.18. The van der Waals surface area contributed by atoms with Gasteiger partial charge < -0.3 is 15.3 Å². The average Bonchev–Trinajstić information content (AvgIpc) is 2.14. The van der Waals surface area contributed by atoms with Crippen LogP contribution in [0.25, 0.3) is 0 Å². The molecule has 0 aromatic rings. The maximum atomic E-state index is 10.6. The molecule has 0 amide bonds. The number of carbonyl (C=O) groups is 1. The number of aliphatic hydroxyl groups excluding tert-OH is 2. The van der Waals surface area contributed by atoms with Gasteiger partial charge in [-0.2, -0.15) is 0 Å². The Labute approximate surface area is 83.9 Å². The van der Waals surface area contributed by atoms with Crippen LogP contribution in [0.1, 0.15) is 20.8 Å². The highest BCUT2D eigenvalue weighted by Gasteiger charge is 2.29. The van der Waals surface area contributed by atoms with Gasteiger partial charge in [-0.1, -0.05) is 19.1 Å². The minimum absolute atomic E-state index is 0.489. The molecule has 0 rings (SSSR count). The molecule has 0 aliphatic carbocycles. The number of rotatable bonds is 5. The third-order valence-corrected chi connectivity index (χ3v) is 2.37. The number of carboxylic acids is 1. The molecule has 14 heavy (non-hydrogen) atoms. The van der Waals surface area contributed by atoms with Gasteiger partial charge in [0, 0.05) is 5.92 Å². The summed E-state index contributed by atoms with van der Waals surface area (Å²) >= 11 is 0. The topological polar surface area (TPSA) is 77.8 Å². The van der Waals surface area contributed by atoms with Crippen molar-refractivity contribution >= 4 is 5.97 Å². The van der Waals surface area contributed by atoms with Gasteiger partial charge >= 0.3 is 5.97 Å². The Morgan fingerprint density at radius 1 is 1.29 bits per heavy atom. The molecular formula is C10H18O4. The molecule has 3 N–H and O–H groups in total. The Balaban J connectivity index is 4.37. The molecule has 0 aliphatic rings. The predicted octanol–water partition coefficient (Wildman–Crippen LogP) is 0.641. The van der Waals surface area contributed by atoms with Crippen LogP contribution in [0.5, 0.6) is 0 Å². The monoisotopic (exact) mass is 202 g/mol. The molecule has 4 atom stereocenters. The maximum Gasteiger partial charge on any atom is 0.308 e. The first kappa shape index (κ1) is 13.1. The van der Waals surface area contributed by atoms with Crippen LogP contribution in [-0.4, -0.2) is 33.5 Å². The van der Waals surface area contributed by atoms with Gasteiger partial charge in [-0.05, 0) is 13.8 Å². The Morgan fingerprint density at radius 2 is 1.79 bits per heavy atom. The number of hydrogen-bond donors (Lipinski definition) is 3. The first-order valence-corrected chi connectivity index (χ1v) is 4.63. The highest BCUT2D eigenvalue weighted by atomic mass is 16.4. The molecule has 0 saturated heterocycles. The molecule has 82 valence electrons. The molecule has 4 heteroatoms. The van der Waals surface area contributed by atoms with Crippen LogP contribution in [0.2, 0.25) is 0 Å². The molecule has 0 fully saturated rings. The van der Waals surface area contributed by atoms with E-state index in [1.807, 2.05) is 0 Å². The first-order valence-electron chi connectivity index (χ1n) is 4.63. The summed E-state index contributed by atoms with van der Waals surface area (Å²) in [6, 6.07) is 0. The van der Waals surface area contributed by atoms with Crippen molar-refractivity contribution in [2.24, 2.45) is 11.8 Å². The molecule has 0 aliphatic heterocycles. The Kier molecular flexibility index (Phi) is 5.42. The summed E-state index contributed by atoms with van der Waals surface area (Å²) in [5.41, 5.74) is 0. The zero-order chi connectivity index (χ0) is 11.3. The van der Waals surface area contributed by atoms with Crippen molar-refractivity contribution in [3.63, 3.8) is 0 Å². The fourth-order valence-corrected chi connectivity index (χ4v) is 1.18. The average molecular weight is 202 g/mol. The lowest BCUT2D eigenvalue weighted by molar-refractivity contribution is -0.146. The quantitative estimate of drug-likeness (QED) is 0.572. The van der Waals surface area contributed by atoms with E-state index in [0.29, 0.717) is 0 Å². The molecule has 0 aromatic heterocycles. The molecule has 0 unspecified atom stereocenters.